The van der Waals surface area contributed by atoms with E-state index in [1.807, 2.05) is 121 Å². The fourth-order valence-electron chi connectivity index (χ4n) is 5.90. The van der Waals surface area contributed by atoms with Crippen LogP contribution in [0.3, 0.4) is 0 Å². The number of hydrogen-bond donors (Lipinski definition) is 2. The molecular formula is C38H40N2O8. The molecule has 2 amide bonds. The van der Waals surface area contributed by atoms with Crippen LogP contribution in [0, 0.1) is 0 Å². The van der Waals surface area contributed by atoms with Gasteiger partial charge in [-0.25, -0.2) is 9.59 Å². The van der Waals surface area contributed by atoms with Crippen LogP contribution in [0.2, 0.25) is 0 Å². The molecule has 250 valence electrons. The minimum absolute atomic E-state index is 0.194. The van der Waals surface area contributed by atoms with E-state index < -0.39 is 55.0 Å². The molecule has 2 aliphatic heterocycles. The lowest BCUT2D eigenvalue weighted by Crippen LogP contribution is -2.67. The standard InChI is InChI=1S/C38H40N2O8/c1-43-36(41)30(22-26-14-6-2-7-15-26)39-38(42)40-35-34(45-24-28-18-10-4-11-19-28)33(44-23-27-16-8-3-9-17-27)32-31(47-35)25-46-37(48-32)29-20-12-5-13-21-29/h2-21,30-35,37H,22-25H2,1H3,(H2,39,40,42)/t30-,31+,32+,33-,34-,35-,37?/m0/s1. The quantitative estimate of drug-likeness (QED) is 0.204. The molecule has 2 heterocycles. The van der Waals surface area contributed by atoms with E-state index in [9.17, 15) is 9.59 Å². The monoisotopic (exact) mass is 652 g/mol. The summed E-state index contributed by atoms with van der Waals surface area (Å²) in [7, 11) is 1.29. The van der Waals surface area contributed by atoms with Crippen molar-refractivity contribution in [3.63, 3.8) is 0 Å². The number of hydrogen-bond acceptors (Lipinski definition) is 8. The van der Waals surface area contributed by atoms with E-state index in [1.54, 1.807) is 0 Å². The lowest BCUT2D eigenvalue weighted by Gasteiger charge is -2.49. The van der Waals surface area contributed by atoms with Gasteiger partial charge in [0.1, 0.15) is 30.5 Å². The predicted molar refractivity (Wildman–Crippen MR) is 176 cm³/mol. The van der Waals surface area contributed by atoms with E-state index in [1.165, 1.54) is 7.11 Å². The van der Waals surface area contributed by atoms with Crippen LogP contribution >= 0.6 is 0 Å². The molecule has 6 rings (SSSR count). The Kier molecular flexibility index (Phi) is 11.5. The average Bonchev–Trinajstić information content (AvgIpc) is 3.14. The number of methoxy groups -OCH3 is 1. The van der Waals surface area contributed by atoms with Gasteiger partial charge in [-0.15, -0.1) is 0 Å². The summed E-state index contributed by atoms with van der Waals surface area (Å²) in [6, 6.07) is 37.1. The van der Waals surface area contributed by atoms with Crippen LogP contribution in [-0.4, -0.2) is 62.4 Å². The van der Waals surface area contributed by atoms with Crippen molar-refractivity contribution in [3.05, 3.63) is 144 Å². The lowest BCUT2D eigenvalue weighted by atomic mass is 9.96. The third-order valence-electron chi connectivity index (χ3n) is 8.32. The summed E-state index contributed by atoms with van der Waals surface area (Å²) in [6.07, 6.45) is -4.03. The van der Waals surface area contributed by atoms with Gasteiger partial charge in [0.2, 0.25) is 0 Å². The van der Waals surface area contributed by atoms with Crippen LogP contribution in [0.15, 0.2) is 121 Å². The Morgan fingerprint density at radius 2 is 1.27 bits per heavy atom. The van der Waals surface area contributed by atoms with Gasteiger partial charge in [-0.05, 0) is 16.7 Å². The highest BCUT2D eigenvalue weighted by Crippen LogP contribution is 2.36. The maximum absolute atomic E-state index is 13.6. The highest BCUT2D eigenvalue weighted by atomic mass is 16.7. The van der Waals surface area contributed by atoms with Gasteiger partial charge in [-0.3, -0.25) is 0 Å². The first-order valence-corrected chi connectivity index (χ1v) is 16.0. The van der Waals surface area contributed by atoms with Crippen molar-refractivity contribution in [2.24, 2.45) is 0 Å². The number of esters is 1. The number of amides is 2. The number of fused-ring (bicyclic) bond motifs is 1. The number of nitrogens with one attached hydrogen (secondary N) is 2. The third-order valence-corrected chi connectivity index (χ3v) is 8.32. The summed E-state index contributed by atoms with van der Waals surface area (Å²) in [4.78, 5) is 26.3. The summed E-state index contributed by atoms with van der Waals surface area (Å²) >= 11 is 0. The van der Waals surface area contributed by atoms with Crippen LogP contribution in [0.25, 0.3) is 0 Å². The first-order valence-electron chi connectivity index (χ1n) is 16.0. The predicted octanol–water partition coefficient (Wildman–Crippen LogP) is 5.08. The molecule has 48 heavy (non-hydrogen) atoms. The molecule has 0 radical (unpaired) electrons. The summed E-state index contributed by atoms with van der Waals surface area (Å²) in [6.45, 7) is 0.703. The smallest absolute Gasteiger partial charge is 0.328 e. The Balaban J connectivity index is 1.26. The molecule has 0 aliphatic carbocycles. The number of carbonyl (C=O) groups excluding carboxylic acids is 2. The van der Waals surface area contributed by atoms with E-state index in [0.29, 0.717) is 0 Å². The molecule has 7 atom stereocenters. The van der Waals surface area contributed by atoms with Crippen molar-refractivity contribution in [2.75, 3.05) is 13.7 Å². The van der Waals surface area contributed by atoms with Crippen LogP contribution in [0.1, 0.15) is 28.5 Å². The van der Waals surface area contributed by atoms with Crippen molar-refractivity contribution in [2.45, 2.75) is 62.6 Å². The van der Waals surface area contributed by atoms with Crippen molar-refractivity contribution in [3.8, 4) is 0 Å². The van der Waals surface area contributed by atoms with Gasteiger partial charge in [0.05, 0.1) is 26.9 Å². The number of benzene rings is 4. The van der Waals surface area contributed by atoms with Gasteiger partial charge in [-0.2, -0.15) is 0 Å². The van der Waals surface area contributed by atoms with E-state index in [4.69, 9.17) is 28.4 Å². The van der Waals surface area contributed by atoms with E-state index in [-0.39, 0.29) is 26.2 Å². The first kappa shape index (κ1) is 33.3. The molecule has 10 heteroatoms. The Labute approximate surface area is 280 Å². The van der Waals surface area contributed by atoms with Gasteiger partial charge in [-0.1, -0.05) is 121 Å². The molecule has 0 bridgehead atoms. The van der Waals surface area contributed by atoms with Gasteiger partial charge >= 0.3 is 12.0 Å². The van der Waals surface area contributed by atoms with Crippen LogP contribution in [0.4, 0.5) is 4.79 Å². The molecule has 4 aromatic carbocycles. The second-order valence-corrected chi connectivity index (χ2v) is 11.7. The Morgan fingerprint density at radius 1 is 0.729 bits per heavy atom. The second-order valence-electron chi connectivity index (χ2n) is 11.7. The third kappa shape index (κ3) is 8.66. The highest BCUT2D eigenvalue weighted by molar-refractivity contribution is 5.83. The minimum atomic E-state index is -0.980. The average molecular weight is 653 g/mol. The van der Waals surface area contributed by atoms with Crippen LogP contribution in [-0.2, 0) is 52.9 Å². The lowest BCUT2D eigenvalue weighted by molar-refractivity contribution is -0.341. The summed E-state index contributed by atoms with van der Waals surface area (Å²) in [5.74, 6) is -0.569. The molecule has 4 aromatic rings. The minimum Gasteiger partial charge on any atom is -0.467 e. The molecule has 2 saturated heterocycles. The van der Waals surface area contributed by atoms with E-state index in [0.717, 1.165) is 22.3 Å². The summed E-state index contributed by atoms with van der Waals surface area (Å²) in [5.41, 5.74) is 3.64. The van der Waals surface area contributed by atoms with Gasteiger partial charge in [0.25, 0.3) is 0 Å². The number of ether oxygens (including phenoxy) is 6. The van der Waals surface area contributed by atoms with Gasteiger partial charge in [0.15, 0.2) is 12.5 Å². The fraction of sp³-hybridized carbons (Fsp3) is 0.316. The zero-order chi connectivity index (χ0) is 33.1. The molecule has 10 nitrogen and oxygen atoms in total. The molecule has 0 aromatic heterocycles. The maximum Gasteiger partial charge on any atom is 0.328 e. The fourth-order valence-corrected chi connectivity index (χ4v) is 5.90. The zero-order valence-electron chi connectivity index (χ0n) is 26.7. The van der Waals surface area contributed by atoms with E-state index >= 15 is 0 Å². The molecular weight excluding hydrogens is 612 g/mol. The molecule has 0 spiro atoms. The SMILES string of the molecule is COC(=O)[C@H](Cc1ccccc1)NC(=O)N[C@H]1O[C@@H]2COC(c3ccccc3)O[C@H]2[C@H](OCc2ccccc2)[C@@H]1OCc1ccccc1. The molecule has 2 fully saturated rings. The van der Waals surface area contributed by atoms with E-state index in [2.05, 4.69) is 10.6 Å². The van der Waals surface area contributed by atoms with Crippen molar-refractivity contribution < 1.29 is 38.0 Å². The Morgan fingerprint density at radius 3 is 1.85 bits per heavy atom. The van der Waals surface area contributed by atoms with Crippen molar-refractivity contribution in [1.29, 1.82) is 0 Å². The number of urea groups is 1. The number of rotatable bonds is 12. The summed E-state index contributed by atoms with van der Waals surface area (Å²) in [5, 5.41) is 5.68. The number of carbonyl (C=O) groups is 2. The first-order chi connectivity index (χ1) is 23.6. The normalized spacial score (nSPS) is 24.1. The van der Waals surface area contributed by atoms with Gasteiger partial charge < -0.3 is 39.1 Å². The topological polar surface area (TPSA) is 114 Å². The van der Waals surface area contributed by atoms with Gasteiger partial charge in [0, 0.05) is 12.0 Å². The molecule has 1 unspecified atom stereocenters. The Hall–Kier alpha value is -4.58. The van der Waals surface area contributed by atoms with Crippen molar-refractivity contribution in [1.82, 2.24) is 10.6 Å². The van der Waals surface area contributed by atoms with Crippen molar-refractivity contribution >= 4 is 12.0 Å². The van der Waals surface area contributed by atoms with Crippen LogP contribution < -0.4 is 10.6 Å². The summed E-state index contributed by atoms with van der Waals surface area (Å²) < 4.78 is 37.3. The maximum atomic E-state index is 13.6. The van der Waals surface area contributed by atoms with Crippen LogP contribution in [0.5, 0.6) is 0 Å². The molecule has 2 N–H and O–H groups in total. The Bertz CT molecular complexity index is 1580. The molecule has 0 saturated carbocycles. The zero-order valence-corrected chi connectivity index (χ0v) is 26.7. The molecule has 2 aliphatic rings. The highest BCUT2D eigenvalue weighted by Gasteiger charge is 2.52. The largest absolute Gasteiger partial charge is 0.467 e. The second kappa shape index (κ2) is 16.5.